The van der Waals surface area contributed by atoms with E-state index in [1.807, 2.05) is 49.4 Å². The molecular formula is C21H19ClN2O2S. The van der Waals surface area contributed by atoms with Gasteiger partial charge in [0.25, 0.3) is 0 Å². The molecule has 0 aromatic heterocycles. The minimum atomic E-state index is -0.212. The number of carbonyl (C=O) groups excluding carboxylic acids is 1. The van der Waals surface area contributed by atoms with E-state index >= 15 is 0 Å². The van der Waals surface area contributed by atoms with Gasteiger partial charge >= 0.3 is 0 Å². The molecule has 1 amide bonds. The predicted octanol–water partition coefficient (Wildman–Crippen LogP) is 4.80. The van der Waals surface area contributed by atoms with Crippen molar-refractivity contribution in [3.63, 3.8) is 0 Å². The molecule has 6 heteroatoms. The van der Waals surface area contributed by atoms with Gasteiger partial charge in [-0.05, 0) is 24.6 Å². The number of thioether (sulfide) groups is 1. The Balaban J connectivity index is 1.70. The fourth-order valence-corrected chi connectivity index (χ4v) is 3.96. The Morgan fingerprint density at radius 2 is 2.00 bits per heavy atom. The zero-order valence-electron chi connectivity index (χ0n) is 14.9. The maximum atomic E-state index is 12.2. The summed E-state index contributed by atoms with van der Waals surface area (Å²) in [6.07, 6.45) is 0.284. The van der Waals surface area contributed by atoms with Crippen molar-refractivity contribution in [2.24, 2.45) is 0 Å². The van der Waals surface area contributed by atoms with Crippen molar-refractivity contribution in [3.05, 3.63) is 75.3 Å². The summed E-state index contributed by atoms with van der Waals surface area (Å²) in [6.45, 7) is 2.43. The van der Waals surface area contributed by atoms with Crippen molar-refractivity contribution in [1.29, 1.82) is 5.26 Å². The number of amides is 1. The zero-order valence-corrected chi connectivity index (χ0v) is 16.4. The van der Waals surface area contributed by atoms with Crippen LogP contribution in [0, 0.1) is 18.3 Å². The minimum absolute atomic E-state index is 0.0749. The highest BCUT2D eigenvalue weighted by molar-refractivity contribution is 8.03. The molecule has 0 saturated heterocycles. The lowest BCUT2D eigenvalue weighted by molar-refractivity contribution is -0.120. The Kier molecular flexibility index (Phi) is 6.44. The molecule has 27 heavy (non-hydrogen) atoms. The third-order valence-electron chi connectivity index (χ3n) is 4.26. The Bertz CT molecular complexity index is 903. The number of aryl methyl sites for hydroxylation is 1. The second kappa shape index (κ2) is 8.98. The SMILES string of the molecule is Cc1ccc([C@H]2CC(=O)NC(SCCOc3ccccc3Cl)=C2C#N)cc1. The molecule has 2 aromatic rings. The molecular weight excluding hydrogens is 380 g/mol. The monoisotopic (exact) mass is 398 g/mol. The zero-order chi connectivity index (χ0) is 19.2. The summed E-state index contributed by atoms with van der Waals surface area (Å²) in [7, 11) is 0. The highest BCUT2D eigenvalue weighted by atomic mass is 35.5. The number of nitrogens with zero attached hydrogens (tertiary/aromatic N) is 1. The van der Waals surface area contributed by atoms with E-state index in [0.717, 1.165) is 11.1 Å². The van der Waals surface area contributed by atoms with E-state index in [-0.39, 0.29) is 18.2 Å². The van der Waals surface area contributed by atoms with Crippen molar-refractivity contribution >= 4 is 29.3 Å². The third-order valence-corrected chi connectivity index (χ3v) is 5.55. The molecule has 1 heterocycles. The second-order valence-corrected chi connectivity index (χ2v) is 7.71. The van der Waals surface area contributed by atoms with Gasteiger partial charge < -0.3 is 10.1 Å². The molecule has 1 aliphatic heterocycles. The van der Waals surface area contributed by atoms with E-state index in [2.05, 4.69) is 11.4 Å². The van der Waals surface area contributed by atoms with Gasteiger partial charge in [-0.2, -0.15) is 5.26 Å². The topological polar surface area (TPSA) is 62.1 Å². The van der Waals surface area contributed by atoms with Crippen LogP contribution in [0.1, 0.15) is 23.5 Å². The number of rotatable bonds is 6. The summed E-state index contributed by atoms with van der Waals surface area (Å²) in [5.74, 6) is 0.928. The first-order valence-electron chi connectivity index (χ1n) is 8.59. The number of allylic oxidation sites excluding steroid dienone is 1. The number of nitrogens with one attached hydrogen (secondary N) is 1. The Morgan fingerprint density at radius 3 is 2.70 bits per heavy atom. The van der Waals surface area contributed by atoms with E-state index < -0.39 is 0 Å². The number of hydrogen-bond donors (Lipinski definition) is 1. The van der Waals surface area contributed by atoms with Crippen LogP contribution in [0.2, 0.25) is 5.02 Å². The van der Waals surface area contributed by atoms with Crippen molar-refractivity contribution in [2.45, 2.75) is 19.3 Å². The summed E-state index contributed by atoms with van der Waals surface area (Å²) in [5, 5.41) is 13.7. The summed E-state index contributed by atoms with van der Waals surface area (Å²) >= 11 is 7.49. The first kappa shape index (κ1) is 19.3. The molecule has 0 fully saturated rings. The van der Waals surface area contributed by atoms with Crippen LogP contribution < -0.4 is 10.1 Å². The average Bonchev–Trinajstić information content (AvgIpc) is 2.66. The molecule has 0 spiro atoms. The van der Waals surface area contributed by atoms with E-state index in [9.17, 15) is 10.1 Å². The fourth-order valence-electron chi connectivity index (χ4n) is 2.87. The maximum absolute atomic E-state index is 12.2. The minimum Gasteiger partial charge on any atom is -0.491 e. The maximum Gasteiger partial charge on any atom is 0.225 e. The first-order chi connectivity index (χ1) is 13.1. The lowest BCUT2D eigenvalue weighted by Crippen LogP contribution is -2.31. The average molecular weight is 399 g/mol. The van der Waals surface area contributed by atoms with Crippen molar-refractivity contribution in [2.75, 3.05) is 12.4 Å². The highest BCUT2D eigenvalue weighted by Crippen LogP contribution is 2.36. The van der Waals surface area contributed by atoms with Gasteiger partial charge in [-0.25, -0.2) is 0 Å². The summed E-state index contributed by atoms with van der Waals surface area (Å²) in [4.78, 5) is 12.2. The number of carbonyl (C=O) groups is 1. The van der Waals surface area contributed by atoms with Crippen LogP contribution in [-0.2, 0) is 4.79 Å². The summed E-state index contributed by atoms with van der Waals surface area (Å²) < 4.78 is 5.68. The number of nitriles is 1. The van der Waals surface area contributed by atoms with Gasteiger partial charge in [-0.3, -0.25) is 4.79 Å². The van der Waals surface area contributed by atoms with Crippen LogP contribution >= 0.6 is 23.4 Å². The Hall–Kier alpha value is -2.42. The lowest BCUT2D eigenvalue weighted by atomic mass is 9.87. The molecule has 138 valence electrons. The quantitative estimate of drug-likeness (QED) is 0.710. The van der Waals surface area contributed by atoms with E-state index in [1.165, 1.54) is 11.8 Å². The van der Waals surface area contributed by atoms with Gasteiger partial charge in [0, 0.05) is 18.1 Å². The van der Waals surface area contributed by atoms with Crippen LogP contribution in [0.4, 0.5) is 0 Å². The van der Waals surface area contributed by atoms with Crippen LogP contribution in [0.5, 0.6) is 5.75 Å². The molecule has 0 bridgehead atoms. The normalized spacial score (nSPS) is 16.6. The highest BCUT2D eigenvalue weighted by Gasteiger charge is 2.29. The van der Waals surface area contributed by atoms with E-state index in [1.54, 1.807) is 6.07 Å². The summed E-state index contributed by atoms with van der Waals surface area (Å²) in [5.41, 5.74) is 2.73. The number of benzene rings is 2. The first-order valence-corrected chi connectivity index (χ1v) is 9.95. The number of para-hydroxylation sites is 1. The molecule has 1 atom stereocenters. The van der Waals surface area contributed by atoms with Crippen molar-refractivity contribution in [3.8, 4) is 11.8 Å². The van der Waals surface area contributed by atoms with Crippen LogP contribution in [0.15, 0.2) is 59.1 Å². The molecule has 2 aromatic carbocycles. The number of ether oxygens (including phenoxy) is 1. The molecule has 0 aliphatic carbocycles. The van der Waals surface area contributed by atoms with Crippen molar-refractivity contribution in [1.82, 2.24) is 5.32 Å². The van der Waals surface area contributed by atoms with Crippen LogP contribution in [0.25, 0.3) is 0 Å². The Morgan fingerprint density at radius 1 is 1.26 bits per heavy atom. The number of hydrogen-bond acceptors (Lipinski definition) is 4. The Labute approximate surface area is 168 Å². The largest absolute Gasteiger partial charge is 0.491 e. The van der Waals surface area contributed by atoms with Crippen LogP contribution in [-0.4, -0.2) is 18.3 Å². The van der Waals surface area contributed by atoms with Gasteiger partial charge in [-0.1, -0.05) is 53.6 Å². The van der Waals surface area contributed by atoms with Gasteiger partial charge in [0.05, 0.1) is 28.3 Å². The van der Waals surface area contributed by atoms with Crippen LogP contribution in [0.3, 0.4) is 0 Å². The van der Waals surface area contributed by atoms with Gasteiger partial charge in [-0.15, -0.1) is 11.8 Å². The van der Waals surface area contributed by atoms with E-state index in [4.69, 9.17) is 16.3 Å². The number of halogens is 1. The predicted molar refractivity (Wildman–Crippen MR) is 109 cm³/mol. The lowest BCUT2D eigenvalue weighted by Gasteiger charge is -2.25. The smallest absolute Gasteiger partial charge is 0.225 e. The van der Waals surface area contributed by atoms with E-state index in [0.29, 0.717) is 33.7 Å². The molecule has 1 N–H and O–H groups in total. The van der Waals surface area contributed by atoms with Crippen molar-refractivity contribution < 1.29 is 9.53 Å². The molecule has 1 aliphatic rings. The van der Waals surface area contributed by atoms with Gasteiger partial charge in [0.1, 0.15) is 5.75 Å². The van der Waals surface area contributed by atoms with Gasteiger partial charge in [0.2, 0.25) is 5.91 Å². The molecule has 4 nitrogen and oxygen atoms in total. The second-order valence-electron chi connectivity index (χ2n) is 6.20. The molecule has 0 radical (unpaired) electrons. The molecule has 0 unspecified atom stereocenters. The molecule has 3 rings (SSSR count). The fraction of sp³-hybridized carbons (Fsp3) is 0.238. The molecule has 0 saturated carbocycles. The standard InChI is InChI=1S/C21H19ClN2O2S/c1-14-6-8-15(9-7-14)16-12-20(25)24-21(17(16)13-23)27-11-10-26-19-5-3-2-4-18(19)22/h2-9,16H,10-12H2,1H3,(H,24,25)/t16-/m1/s1. The van der Waals surface area contributed by atoms with Gasteiger partial charge in [0.15, 0.2) is 0 Å². The summed E-state index contributed by atoms with van der Waals surface area (Å²) in [6, 6.07) is 17.5. The third kappa shape index (κ3) is 4.85.